The zero-order chi connectivity index (χ0) is 11.8. The molecule has 88 valence electrons. The first-order valence-corrected chi connectivity index (χ1v) is 6.07. The van der Waals surface area contributed by atoms with E-state index in [0.29, 0.717) is 5.92 Å². The summed E-state index contributed by atoms with van der Waals surface area (Å²) in [5.41, 5.74) is 1.94. The van der Waals surface area contributed by atoms with Crippen LogP contribution in [0, 0.1) is 5.82 Å². The lowest BCUT2D eigenvalue weighted by Crippen LogP contribution is -2.12. The molecule has 3 rings (SSSR count). The van der Waals surface area contributed by atoms with Crippen LogP contribution in [0.2, 0.25) is 0 Å². The van der Waals surface area contributed by atoms with Crippen molar-refractivity contribution in [3.63, 3.8) is 0 Å². The van der Waals surface area contributed by atoms with Gasteiger partial charge in [-0.15, -0.1) is 0 Å². The van der Waals surface area contributed by atoms with Gasteiger partial charge in [-0.1, -0.05) is 6.92 Å². The van der Waals surface area contributed by atoms with Crippen LogP contribution < -0.4 is 0 Å². The quantitative estimate of drug-likeness (QED) is 0.732. The summed E-state index contributed by atoms with van der Waals surface area (Å²) < 4.78 is 15.1. The summed E-state index contributed by atoms with van der Waals surface area (Å²) in [6.07, 6.45) is 4.51. The first-order valence-electron chi connectivity index (χ1n) is 6.07. The summed E-state index contributed by atoms with van der Waals surface area (Å²) in [4.78, 5) is 4.67. The second kappa shape index (κ2) is 3.99. The van der Waals surface area contributed by atoms with E-state index in [2.05, 4.69) is 22.7 Å². The van der Waals surface area contributed by atoms with Crippen molar-refractivity contribution in [3.8, 4) is 11.3 Å². The van der Waals surface area contributed by atoms with Gasteiger partial charge in [-0.25, -0.2) is 9.37 Å². The third-order valence-electron chi connectivity index (χ3n) is 3.42. The Morgan fingerprint density at radius 2 is 2.06 bits per heavy atom. The lowest BCUT2D eigenvalue weighted by Gasteiger charge is -2.19. The van der Waals surface area contributed by atoms with Crippen LogP contribution in [-0.4, -0.2) is 9.55 Å². The maximum absolute atomic E-state index is 12.9. The van der Waals surface area contributed by atoms with Crippen LogP contribution in [0.3, 0.4) is 0 Å². The molecular weight excluding hydrogens is 215 g/mol. The zero-order valence-electron chi connectivity index (χ0n) is 9.86. The van der Waals surface area contributed by atoms with Crippen molar-refractivity contribution < 1.29 is 4.39 Å². The number of aromatic nitrogens is 2. The molecule has 0 bridgehead atoms. The van der Waals surface area contributed by atoms with E-state index in [9.17, 15) is 4.39 Å². The molecule has 1 aromatic carbocycles. The predicted octanol–water partition coefficient (Wildman–Crippen LogP) is 3.59. The van der Waals surface area contributed by atoms with Crippen molar-refractivity contribution in [1.29, 1.82) is 0 Å². The molecule has 2 aromatic rings. The molecule has 2 heterocycles. The third-order valence-corrected chi connectivity index (χ3v) is 3.42. The molecule has 0 N–H and O–H groups in total. The van der Waals surface area contributed by atoms with Crippen molar-refractivity contribution in [2.75, 3.05) is 0 Å². The molecule has 1 aromatic heterocycles. The van der Waals surface area contributed by atoms with Gasteiger partial charge in [0, 0.05) is 24.2 Å². The van der Waals surface area contributed by atoms with Crippen molar-refractivity contribution in [1.82, 2.24) is 9.55 Å². The molecule has 1 aliphatic rings. The van der Waals surface area contributed by atoms with E-state index in [-0.39, 0.29) is 5.82 Å². The lowest BCUT2D eigenvalue weighted by atomic mass is 10.0. The standard InChI is InChI=1S/C14H15FN2/c1-10-3-2-8-17-9-13(16-14(10)17)11-4-6-12(15)7-5-11/h4-7,9-10H,2-3,8H2,1H3/t10-/m1/s1. The van der Waals surface area contributed by atoms with Crippen molar-refractivity contribution in [2.24, 2.45) is 0 Å². The number of nitrogens with zero attached hydrogens (tertiary/aromatic N) is 2. The summed E-state index contributed by atoms with van der Waals surface area (Å²) >= 11 is 0. The van der Waals surface area contributed by atoms with Crippen molar-refractivity contribution >= 4 is 0 Å². The summed E-state index contributed by atoms with van der Waals surface area (Å²) in [7, 11) is 0. The maximum atomic E-state index is 12.9. The van der Waals surface area contributed by atoms with Gasteiger partial charge in [0.2, 0.25) is 0 Å². The Morgan fingerprint density at radius 3 is 2.76 bits per heavy atom. The summed E-state index contributed by atoms with van der Waals surface area (Å²) in [6, 6.07) is 6.54. The van der Waals surface area contributed by atoms with E-state index < -0.39 is 0 Å². The predicted molar refractivity (Wildman–Crippen MR) is 65.3 cm³/mol. The second-order valence-electron chi connectivity index (χ2n) is 4.73. The van der Waals surface area contributed by atoms with E-state index in [1.54, 1.807) is 12.1 Å². The Labute approximate surface area is 100 Å². The van der Waals surface area contributed by atoms with Gasteiger partial charge in [-0.2, -0.15) is 0 Å². The number of rotatable bonds is 1. The van der Waals surface area contributed by atoms with Gasteiger partial charge in [-0.05, 0) is 37.1 Å². The van der Waals surface area contributed by atoms with Crippen LogP contribution >= 0.6 is 0 Å². The number of fused-ring (bicyclic) bond motifs is 1. The molecule has 0 fully saturated rings. The fraction of sp³-hybridized carbons (Fsp3) is 0.357. The minimum Gasteiger partial charge on any atom is -0.334 e. The number of halogens is 1. The van der Waals surface area contributed by atoms with E-state index >= 15 is 0 Å². The highest BCUT2D eigenvalue weighted by molar-refractivity contribution is 5.58. The fourth-order valence-corrected chi connectivity index (χ4v) is 2.46. The molecule has 0 unspecified atom stereocenters. The molecule has 0 saturated carbocycles. The summed E-state index contributed by atoms with van der Waals surface area (Å²) in [6.45, 7) is 3.26. The number of hydrogen-bond acceptors (Lipinski definition) is 1. The molecule has 0 saturated heterocycles. The van der Waals surface area contributed by atoms with Gasteiger partial charge >= 0.3 is 0 Å². The van der Waals surface area contributed by atoms with Gasteiger partial charge in [-0.3, -0.25) is 0 Å². The highest BCUT2D eigenvalue weighted by Gasteiger charge is 2.19. The van der Waals surface area contributed by atoms with Crippen molar-refractivity contribution in [3.05, 3.63) is 42.1 Å². The van der Waals surface area contributed by atoms with Gasteiger partial charge in [0.15, 0.2) is 0 Å². The first kappa shape index (κ1) is 10.5. The topological polar surface area (TPSA) is 17.8 Å². The maximum Gasteiger partial charge on any atom is 0.123 e. The average Bonchev–Trinajstić information content (AvgIpc) is 2.75. The zero-order valence-corrected chi connectivity index (χ0v) is 9.86. The van der Waals surface area contributed by atoms with E-state index in [1.165, 1.54) is 25.0 Å². The van der Waals surface area contributed by atoms with E-state index in [1.807, 2.05) is 0 Å². The summed E-state index contributed by atoms with van der Waals surface area (Å²) in [5.74, 6) is 1.49. The molecular formula is C14H15FN2. The van der Waals surface area contributed by atoms with Crippen molar-refractivity contribution in [2.45, 2.75) is 32.2 Å². The summed E-state index contributed by atoms with van der Waals surface area (Å²) in [5, 5.41) is 0. The van der Waals surface area contributed by atoms with Gasteiger partial charge in [0.25, 0.3) is 0 Å². The van der Waals surface area contributed by atoms with Gasteiger partial charge < -0.3 is 4.57 Å². The number of imidazole rings is 1. The number of hydrogen-bond donors (Lipinski definition) is 0. The third kappa shape index (κ3) is 1.86. The Hall–Kier alpha value is -1.64. The first-order chi connectivity index (χ1) is 8.24. The van der Waals surface area contributed by atoms with Crippen LogP contribution in [-0.2, 0) is 6.54 Å². The van der Waals surface area contributed by atoms with Crippen LogP contribution in [0.1, 0.15) is 31.5 Å². The molecule has 1 aliphatic heterocycles. The van der Waals surface area contributed by atoms with E-state index in [0.717, 1.165) is 23.6 Å². The molecule has 0 aliphatic carbocycles. The SMILES string of the molecule is C[C@@H]1CCCn2cc(-c3ccc(F)cc3)nc21. The Kier molecular flexibility index (Phi) is 2.46. The van der Waals surface area contributed by atoms with Crippen LogP contribution in [0.4, 0.5) is 4.39 Å². The van der Waals surface area contributed by atoms with Gasteiger partial charge in [0.05, 0.1) is 5.69 Å². The largest absolute Gasteiger partial charge is 0.334 e. The van der Waals surface area contributed by atoms with E-state index in [4.69, 9.17) is 0 Å². The van der Waals surface area contributed by atoms with Gasteiger partial charge in [0.1, 0.15) is 11.6 Å². The lowest BCUT2D eigenvalue weighted by molar-refractivity contribution is 0.463. The number of benzene rings is 1. The normalized spacial score (nSPS) is 19.1. The minimum atomic E-state index is -0.203. The molecule has 0 radical (unpaired) electrons. The highest BCUT2D eigenvalue weighted by atomic mass is 19.1. The number of aryl methyl sites for hydroxylation is 1. The molecule has 1 atom stereocenters. The highest BCUT2D eigenvalue weighted by Crippen LogP contribution is 2.29. The average molecular weight is 230 g/mol. The van der Waals surface area contributed by atoms with Crippen LogP contribution in [0.15, 0.2) is 30.5 Å². The fourth-order valence-electron chi connectivity index (χ4n) is 2.46. The molecule has 2 nitrogen and oxygen atoms in total. The Balaban J connectivity index is 2.02. The molecule has 3 heteroatoms. The molecule has 17 heavy (non-hydrogen) atoms. The minimum absolute atomic E-state index is 0.203. The molecule has 0 amide bonds. The smallest absolute Gasteiger partial charge is 0.123 e. The Bertz CT molecular complexity index is 528. The van der Waals surface area contributed by atoms with Crippen LogP contribution in [0.5, 0.6) is 0 Å². The monoisotopic (exact) mass is 230 g/mol. The second-order valence-corrected chi connectivity index (χ2v) is 4.73. The molecule has 0 spiro atoms. The van der Waals surface area contributed by atoms with Crippen LogP contribution in [0.25, 0.3) is 11.3 Å². The Morgan fingerprint density at radius 1 is 1.29 bits per heavy atom.